The van der Waals surface area contributed by atoms with E-state index in [9.17, 15) is 8.22 Å². The van der Waals surface area contributed by atoms with E-state index in [0.717, 1.165) is 0 Å². The molecule has 0 amide bonds. The maximum absolute atomic E-state index is 9.48. The molecule has 0 saturated heterocycles. The molecule has 0 aliphatic carbocycles. The van der Waals surface area contributed by atoms with E-state index >= 15 is 0 Å². The second-order valence-electron chi connectivity index (χ2n) is 10.5. The van der Waals surface area contributed by atoms with Crippen LogP contribution in [0.5, 0.6) is 0 Å². The maximum atomic E-state index is 9.48. The fraction of sp³-hybridized carbons (Fsp3) is 0. The van der Waals surface area contributed by atoms with E-state index in [1.165, 1.54) is 0 Å². The molecule has 9 aromatic rings. The minimum atomic E-state index is -0.655. The van der Waals surface area contributed by atoms with E-state index in [4.69, 9.17) is 16.8 Å². The van der Waals surface area contributed by atoms with Crippen LogP contribution in [0.15, 0.2) is 174 Å². The van der Waals surface area contributed by atoms with Gasteiger partial charge in [0.1, 0.15) is 11.2 Å². The largest absolute Gasteiger partial charge is 0.456 e. The third kappa shape index (κ3) is 4.17. The Morgan fingerprint density at radius 1 is 0.356 bits per heavy atom. The van der Waals surface area contributed by atoms with Crippen LogP contribution in [0.1, 0.15) is 20.6 Å². The van der Waals surface area contributed by atoms with E-state index in [1.54, 1.807) is 78.9 Å². The lowest BCUT2D eigenvalue weighted by molar-refractivity contribution is 0.669. The number of hydrogen-bond acceptors (Lipinski definition) is 1. The zero-order chi connectivity index (χ0) is 42.8. The van der Waals surface area contributed by atoms with Gasteiger partial charge in [0.05, 0.1) is 20.6 Å². The number of furan rings is 1. The van der Waals surface area contributed by atoms with Gasteiger partial charge in [0.25, 0.3) is 0 Å². The standard InChI is InChI=1S/C44H28O/c1-2-12-30(13-3-1)33-14-4-5-16-35(33)44-38-19-8-6-17-36(38)43(37-18-7-9-20-39(37)44)31-24-22-29(23-25-31)32-26-27-42-40(28-32)34-15-10-11-21-41(34)45-42/h1-28H/i4D,5D,10D,11D,14D,15D,16D,21D,22D,23D,24D,25D,26D,27D,28D. The Hall–Kier alpha value is -5.92. The summed E-state index contributed by atoms with van der Waals surface area (Å²) in [5.74, 6) is 0. The van der Waals surface area contributed by atoms with Crippen molar-refractivity contribution < 1.29 is 25.0 Å². The SMILES string of the molecule is [2H]c1c([2H])c([2H])c(-c2c3ccccc3c(-c3c([2H])c([2H])c(-c4c([2H])c([2H])c5oc6c([2H])c([2H])c([2H])c([2H])c6c5c4[2H])c([2H])c3[2H])c3ccccc23)c(-c2ccccc2)c1[2H]. The van der Waals surface area contributed by atoms with Crippen molar-refractivity contribution in [2.75, 3.05) is 0 Å². The van der Waals surface area contributed by atoms with Gasteiger partial charge in [-0.15, -0.1) is 0 Å². The lowest BCUT2D eigenvalue weighted by atomic mass is 9.83. The molecule has 0 N–H and O–H groups in total. The van der Waals surface area contributed by atoms with Crippen LogP contribution in [0.3, 0.4) is 0 Å². The second-order valence-corrected chi connectivity index (χ2v) is 10.5. The van der Waals surface area contributed by atoms with Gasteiger partial charge in [-0.3, -0.25) is 0 Å². The fourth-order valence-electron chi connectivity index (χ4n) is 5.98. The topological polar surface area (TPSA) is 13.1 Å². The summed E-state index contributed by atoms with van der Waals surface area (Å²) in [6.45, 7) is 0. The van der Waals surface area contributed by atoms with Crippen molar-refractivity contribution in [2.24, 2.45) is 0 Å². The normalized spacial score (nSPS) is 16.2. The zero-order valence-corrected chi connectivity index (χ0v) is 23.4. The minimum Gasteiger partial charge on any atom is -0.456 e. The van der Waals surface area contributed by atoms with Gasteiger partial charge in [-0.2, -0.15) is 0 Å². The summed E-state index contributed by atoms with van der Waals surface area (Å²) in [5.41, 5.74) is 0.185. The first-order valence-corrected chi connectivity index (χ1v) is 14.2. The van der Waals surface area contributed by atoms with Gasteiger partial charge in [0, 0.05) is 10.8 Å². The van der Waals surface area contributed by atoms with Gasteiger partial charge in [0.2, 0.25) is 0 Å². The summed E-state index contributed by atoms with van der Waals surface area (Å²) < 4.78 is 139. The number of hydrogen-bond donors (Lipinski definition) is 0. The molecule has 0 fully saturated rings. The van der Waals surface area contributed by atoms with Gasteiger partial charge >= 0.3 is 0 Å². The van der Waals surface area contributed by atoms with Crippen LogP contribution in [0.25, 0.3) is 88.0 Å². The summed E-state index contributed by atoms with van der Waals surface area (Å²) in [5, 5.41) is 1.51. The predicted molar refractivity (Wildman–Crippen MR) is 190 cm³/mol. The highest BCUT2D eigenvalue weighted by atomic mass is 16.3. The third-order valence-corrected chi connectivity index (χ3v) is 7.94. The lowest BCUT2D eigenvalue weighted by Crippen LogP contribution is -1.92. The molecule has 9 rings (SSSR count). The van der Waals surface area contributed by atoms with Gasteiger partial charge < -0.3 is 4.42 Å². The predicted octanol–water partition coefficient (Wildman–Crippen LogP) is 12.6. The molecule has 0 bridgehead atoms. The quantitative estimate of drug-likeness (QED) is 0.187. The molecule has 1 aromatic heterocycles. The lowest BCUT2D eigenvalue weighted by Gasteiger charge is -2.19. The molecule has 0 aliphatic rings. The highest BCUT2D eigenvalue weighted by Crippen LogP contribution is 2.46. The number of para-hydroxylation sites is 1. The number of fused-ring (bicyclic) bond motifs is 5. The Labute approximate surface area is 282 Å². The Bertz CT molecular complexity index is 3290. The maximum Gasteiger partial charge on any atom is 0.135 e. The summed E-state index contributed by atoms with van der Waals surface area (Å²) in [4.78, 5) is 0. The van der Waals surface area contributed by atoms with Gasteiger partial charge in [-0.1, -0.05) is 151 Å². The van der Waals surface area contributed by atoms with Crippen molar-refractivity contribution in [3.63, 3.8) is 0 Å². The van der Waals surface area contributed by atoms with Crippen LogP contribution >= 0.6 is 0 Å². The molecule has 8 aromatic carbocycles. The number of benzene rings is 8. The van der Waals surface area contributed by atoms with Crippen LogP contribution in [-0.2, 0) is 0 Å². The Balaban J connectivity index is 1.39. The van der Waals surface area contributed by atoms with Crippen molar-refractivity contribution in [3.05, 3.63) is 169 Å². The highest BCUT2D eigenvalue weighted by molar-refractivity contribution is 6.22. The smallest absolute Gasteiger partial charge is 0.135 e. The molecule has 0 spiro atoms. The molecule has 1 nitrogen and oxygen atoms in total. The van der Waals surface area contributed by atoms with E-state index in [0.29, 0.717) is 38.2 Å². The molecule has 1 heteroatoms. The van der Waals surface area contributed by atoms with Crippen LogP contribution in [-0.4, -0.2) is 0 Å². The first-order valence-electron chi connectivity index (χ1n) is 21.7. The Morgan fingerprint density at radius 2 is 0.889 bits per heavy atom. The van der Waals surface area contributed by atoms with Gasteiger partial charge in [0.15, 0.2) is 0 Å². The minimum absolute atomic E-state index is 0.112. The fourth-order valence-corrected chi connectivity index (χ4v) is 5.98. The van der Waals surface area contributed by atoms with Gasteiger partial charge in [-0.25, -0.2) is 0 Å². The van der Waals surface area contributed by atoms with E-state index in [1.807, 2.05) is 0 Å². The Morgan fingerprint density at radius 3 is 1.60 bits per heavy atom. The molecular weight excluding hydrogens is 544 g/mol. The Kier molecular flexibility index (Phi) is 3.39. The average Bonchev–Trinajstić information content (AvgIpc) is 3.67. The van der Waals surface area contributed by atoms with Crippen LogP contribution in [0.2, 0.25) is 0 Å². The van der Waals surface area contributed by atoms with Crippen molar-refractivity contribution in [1.29, 1.82) is 0 Å². The third-order valence-electron chi connectivity index (χ3n) is 7.94. The van der Waals surface area contributed by atoms with Crippen molar-refractivity contribution in [1.82, 2.24) is 0 Å². The van der Waals surface area contributed by atoms with E-state index in [2.05, 4.69) is 0 Å². The molecule has 0 saturated carbocycles. The van der Waals surface area contributed by atoms with Crippen LogP contribution < -0.4 is 0 Å². The summed E-state index contributed by atoms with van der Waals surface area (Å²) in [7, 11) is 0. The van der Waals surface area contributed by atoms with Crippen LogP contribution in [0.4, 0.5) is 0 Å². The molecular formula is C44H28O. The highest BCUT2D eigenvalue weighted by Gasteiger charge is 2.18. The van der Waals surface area contributed by atoms with E-state index < -0.39 is 89.7 Å². The molecule has 45 heavy (non-hydrogen) atoms. The molecule has 0 unspecified atom stereocenters. The summed E-state index contributed by atoms with van der Waals surface area (Å²) >= 11 is 0. The van der Waals surface area contributed by atoms with Crippen molar-refractivity contribution in [3.8, 4) is 44.5 Å². The molecule has 210 valence electrons. The zero-order valence-electron chi connectivity index (χ0n) is 38.4. The molecule has 1 heterocycles. The molecule has 0 aliphatic heterocycles. The van der Waals surface area contributed by atoms with E-state index in [-0.39, 0.29) is 50.7 Å². The van der Waals surface area contributed by atoms with Gasteiger partial charge in [-0.05, 0) is 84.2 Å². The number of rotatable bonds is 4. The van der Waals surface area contributed by atoms with Crippen LogP contribution in [0, 0.1) is 0 Å². The summed E-state index contributed by atoms with van der Waals surface area (Å²) in [6, 6.07) is 15.2. The first-order chi connectivity index (χ1) is 28.6. The van der Waals surface area contributed by atoms with Crippen molar-refractivity contribution in [2.45, 2.75) is 0 Å². The summed E-state index contributed by atoms with van der Waals surface area (Å²) in [6.07, 6.45) is 0. The average molecular weight is 588 g/mol. The first kappa shape index (κ1) is 14.7. The molecule has 0 radical (unpaired) electrons. The van der Waals surface area contributed by atoms with Crippen molar-refractivity contribution >= 4 is 43.5 Å². The second kappa shape index (κ2) is 10.4. The molecule has 0 atom stereocenters. The monoisotopic (exact) mass is 587 g/mol.